The number of anilines is 1. The van der Waals surface area contributed by atoms with E-state index < -0.39 is 76.9 Å². The maximum atomic E-state index is 13.8. The first-order valence-electron chi connectivity index (χ1n) is 13.3. The van der Waals surface area contributed by atoms with E-state index in [1.165, 1.54) is 18.0 Å². The highest BCUT2D eigenvalue weighted by molar-refractivity contribution is 5.93. The summed E-state index contributed by atoms with van der Waals surface area (Å²) in [5.41, 5.74) is 2.22. The third-order valence-corrected chi connectivity index (χ3v) is 6.82. The fraction of sp³-hybridized carbons (Fsp3) is 0.500. The topological polar surface area (TPSA) is 97.2 Å². The van der Waals surface area contributed by atoms with Gasteiger partial charge < -0.3 is 10.5 Å². The van der Waals surface area contributed by atoms with Crippen LogP contribution >= 0.6 is 0 Å². The molecule has 44 heavy (non-hydrogen) atoms. The third-order valence-electron chi connectivity index (χ3n) is 6.82. The van der Waals surface area contributed by atoms with Crippen LogP contribution in [0.15, 0.2) is 41.5 Å². The van der Waals surface area contributed by atoms with E-state index >= 15 is 0 Å². The molecule has 0 radical (unpaired) electrons. The molecule has 1 aliphatic heterocycles. The molecule has 7 nitrogen and oxygen atoms in total. The Balaban J connectivity index is 0.00000330. The number of hydrazone groups is 1. The number of hydrogen-bond acceptors (Lipinski definition) is 5. The van der Waals surface area contributed by atoms with E-state index in [4.69, 9.17) is 16.3 Å². The molecule has 0 aromatic heterocycles. The lowest BCUT2D eigenvalue weighted by atomic mass is 9.73. The summed E-state index contributed by atoms with van der Waals surface area (Å²) in [6.45, 7) is 4.92. The number of fused-ring (bicyclic) bond motifs is 1. The van der Waals surface area contributed by atoms with Gasteiger partial charge in [0.1, 0.15) is 5.84 Å². The number of amidine groups is 1. The Morgan fingerprint density at radius 1 is 1.02 bits per heavy atom. The molecule has 0 fully saturated rings. The molecule has 3 atom stereocenters. The second-order valence-corrected chi connectivity index (χ2v) is 10.2. The Bertz CT molecular complexity index is 1280. The summed E-state index contributed by atoms with van der Waals surface area (Å²) in [6.07, 6.45) is -14.4. The zero-order valence-corrected chi connectivity index (χ0v) is 24.5. The molecular weight excluding hydrogens is 609 g/mol. The number of carbonyl (C=O) groups is 1. The molecule has 0 saturated carbocycles. The molecule has 1 aliphatic rings. The first-order chi connectivity index (χ1) is 20.3. The summed E-state index contributed by atoms with van der Waals surface area (Å²) in [5, 5.41) is 4.60. The smallest absolute Gasteiger partial charge is 0.416 e. The highest BCUT2D eigenvalue weighted by atomic mass is 19.4. The summed E-state index contributed by atoms with van der Waals surface area (Å²) in [7, 11) is 1.74. The van der Waals surface area contributed by atoms with Crippen molar-refractivity contribution in [3.63, 3.8) is 0 Å². The van der Waals surface area contributed by atoms with Gasteiger partial charge in [0.15, 0.2) is 0 Å². The van der Waals surface area contributed by atoms with Gasteiger partial charge in [0, 0.05) is 24.6 Å². The summed E-state index contributed by atoms with van der Waals surface area (Å²) in [5.74, 6) is 2.54. The van der Waals surface area contributed by atoms with Crippen molar-refractivity contribution in [1.82, 2.24) is 5.12 Å². The lowest BCUT2D eigenvalue weighted by molar-refractivity contribution is -0.143. The second kappa shape index (κ2) is 14.4. The van der Waals surface area contributed by atoms with Crippen molar-refractivity contribution in [2.45, 2.75) is 76.4 Å². The van der Waals surface area contributed by atoms with E-state index in [-0.39, 0.29) is 30.2 Å². The van der Waals surface area contributed by atoms with Crippen LogP contribution in [0, 0.1) is 0 Å². The number of benzene rings is 2. The van der Waals surface area contributed by atoms with Gasteiger partial charge >= 0.3 is 18.4 Å². The van der Waals surface area contributed by atoms with Gasteiger partial charge in [-0.15, -0.1) is 5.10 Å². The van der Waals surface area contributed by atoms with Crippen molar-refractivity contribution in [2.75, 3.05) is 19.1 Å². The Kier molecular flexibility index (Phi) is 11.9. The van der Waals surface area contributed by atoms with Crippen LogP contribution in [0.3, 0.4) is 0 Å². The van der Waals surface area contributed by atoms with Gasteiger partial charge in [0.05, 0.1) is 36.0 Å². The highest BCUT2D eigenvalue weighted by Gasteiger charge is 2.44. The van der Waals surface area contributed by atoms with Crippen LogP contribution in [-0.4, -0.2) is 43.4 Å². The third kappa shape index (κ3) is 8.48. The molecule has 2 aromatic rings. The van der Waals surface area contributed by atoms with Gasteiger partial charge in [-0.05, 0) is 68.1 Å². The normalized spacial score (nSPS) is 18.0. The lowest BCUT2D eigenvalue weighted by Gasteiger charge is -2.43. The summed E-state index contributed by atoms with van der Waals surface area (Å²) in [4.78, 5) is 14.4. The van der Waals surface area contributed by atoms with Crippen LogP contribution < -0.4 is 16.5 Å². The molecule has 0 saturated heterocycles. The van der Waals surface area contributed by atoms with Crippen molar-refractivity contribution in [3.05, 3.63) is 64.2 Å². The zero-order valence-electron chi connectivity index (χ0n) is 24.5. The minimum Gasteiger partial charge on any atom is -0.446 e. The number of rotatable bonds is 7. The number of nitrogens with two attached hydrogens (primary N) is 2. The lowest BCUT2D eigenvalue weighted by Crippen LogP contribution is -2.47. The molecule has 3 rings (SSSR count). The van der Waals surface area contributed by atoms with Gasteiger partial charge in [0.25, 0.3) is 6.43 Å². The Morgan fingerprint density at radius 2 is 1.57 bits per heavy atom. The number of hydrogen-bond donors (Lipinski definition) is 2. The average molecular weight is 644 g/mol. The zero-order chi connectivity index (χ0) is 33.7. The molecule has 1 heterocycles. The maximum absolute atomic E-state index is 13.8. The number of amides is 1. The monoisotopic (exact) mass is 643 g/mol. The van der Waals surface area contributed by atoms with Crippen molar-refractivity contribution in [2.24, 2.45) is 16.7 Å². The minimum absolute atomic E-state index is 0.0226. The van der Waals surface area contributed by atoms with Crippen LogP contribution in [0.5, 0.6) is 0 Å². The van der Waals surface area contributed by atoms with Gasteiger partial charge in [0.2, 0.25) is 0 Å². The molecule has 2 unspecified atom stereocenters. The molecular formula is C28H34F9N5O2. The Labute approximate surface area is 248 Å². The van der Waals surface area contributed by atoms with Crippen LogP contribution in [0.25, 0.3) is 0 Å². The number of nitrogens with zero attached hydrogens (tertiary/aromatic N) is 3. The molecule has 0 spiro atoms. The number of carbonyl (C=O) groups excluding carboxylic acids is 1. The van der Waals surface area contributed by atoms with E-state index in [1.807, 2.05) is 0 Å². The standard InChI is InChI=1S/C27H31F8N5O2.CH3F/c1-5-18-12-20(19-10-14(23(28)29)6-7-21(19)40(18)25(41)42-13(2)3)22(24(36)38-39(4)37)15-8-16(26(30,31)32)11-17(9-15)27(33,34)35;1-2/h6-11,13,18,20,22-23H,5,12,37H2,1-4H3,(H2,36,38);1H3/t18?,20?,22-;/m0./s1. The van der Waals surface area contributed by atoms with Crippen LogP contribution in [-0.2, 0) is 17.1 Å². The molecule has 0 aliphatic carbocycles. The van der Waals surface area contributed by atoms with Crippen molar-refractivity contribution < 1.29 is 49.0 Å². The van der Waals surface area contributed by atoms with Crippen LogP contribution in [0.4, 0.5) is 50.0 Å². The molecule has 246 valence electrons. The number of hydrazine groups is 1. The first kappa shape index (κ1) is 36.5. The van der Waals surface area contributed by atoms with E-state index in [9.17, 15) is 44.3 Å². The number of halogens is 9. The predicted octanol–water partition coefficient (Wildman–Crippen LogP) is 7.73. The Morgan fingerprint density at radius 3 is 2.00 bits per heavy atom. The van der Waals surface area contributed by atoms with Gasteiger partial charge in [-0.25, -0.2) is 24.5 Å². The SMILES string of the molecule is CCC1CC([C@@H](/C(N)=N/N(C)N)c2cc(C(F)(F)F)cc(C(F)(F)F)c2)c2cc(C(F)F)ccc2N1C(=O)OC(C)C.CF. The van der Waals surface area contributed by atoms with Crippen molar-refractivity contribution >= 4 is 17.6 Å². The summed E-state index contributed by atoms with van der Waals surface area (Å²) in [6, 6.07) is 3.73. The molecule has 1 amide bonds. The van der Waals surface area contributed by atoms with Crippen molar-refractivity contribution in [3.8, 4) is 0 Å². The van der Waals surface area contributed by atoms with Crippen molar-refractivity contribution in [1.29, 1.82) is 0 Å². The van der Waals surface area contributed by atoms with Gasteiger partial charge in [-0.2, -0.15) is 26.3 Å². The van der Waals surface area contributed by atoms with Gasteiger partial charge in [-0.3, -0.25) is 9.29 Å². The van der Waals surface area contributed by atoms with Gasteiger partial charge in [-0.1, -0.05) is 13.0 Å². The first-order valence-corrected chi connectivity index (χ1v) is 13.3. The molecule has 4 N–H and O–H groups in total. The molecule has 2 aromatic carbocycles. The molecule has 0 bridgehead atoms. The summed E-state index contributed by atoms with van der Waals surface area (Å²) >= 11 is 0. The van der Waals surface area contributed by atoms with Crippen LogP contribution in [0.1, 0.15) is 79.7 Å². The molecule has 16 heteroatoms. The quantitative estimate of drug-likeness (QED) is 0.106. The largest absolute Gasteiger partial charge is 0.446 e. The van der Waals surface area contributed by atoms with E-state index in [1.54, 1.807) is 20.8 Å². The number of alkyl halides is 9. The number of ether oxygens (including phenoxy) is 1. The minimum atomic E-state index is -5.16. The predicted molar refractivity (Wildman–Crippen MR) is 147 cm³/mol. The van der Waals surface area contributed by atoms with E-state index in [0.717, 1.165) is 17.3 Å². The fourth-order valence-electron chi connectivity index (χ4n) is 5.13. The average Bonchev–Trinajstić information content (AvgIpc) is 2.91. The van der Waals surface area contributed by atoms with E-state index in [2.05, 4.69) is 5.10 Å². The second-order valence-electron chi connectivity index (χ2n) is 10.2. The highest BCUT2D eigenvalue weighted by Crippen LogP contribution is 2.49. The Hall–Kier alpha value is -3.69. The van der Waals surface area contributed by atoms with E-state index in [0.29, 0.717) is 19.3 Å². The van der Waals surface area contributed by atoms with Crippen LogP contribution in [0.2, 0.25) is 0 Å². The summed E-state index contributed by atoms with van der Waals surface area (Å²) < 4.78 is 125. The fourth-order valence-corrected chi connectivity index (χ4v) is 5.13. The maximum Gasteiger partial charge on any atom is 0.416 e.